The maximum Gasteiger partial charge on any atom is 0.336 e. The number of amides is 1. The van der Waals surface area contributed by atoms with Gasteiger partial charge < -0.3 is 24.8 Å². The van der Waals surface area contributed by atoms with E-state index in [9.17, 15) is 24.3 Å². The molecule has 4 aromatic carbocycles. The third-order valence-corrected chi connectivity index (χ3v) is 9.61. The molecule has 288 valence electrons. The minimum atomic E-state index is -0.951. The number of carbonyl (C=O) groups is 4. The van der Waals surface area contributed by atoms with Gasteiger partial charge in [-0.05, 0) is 146 Å². The first-order valence-corrected chi connectivity index (χ1v) is 18.8. The predicted octanol–water partition coefficient (Wildman–Crippen LogP) is 10.9. The van der Waals surface area contributed by atoms with Crippen molar-refractivity contribution in [1.29, 1.82) is 0 Å². The molecule has 0 fully saturated rings. The van der Waals surface area contributed by atoms with Gasteiger partial charge in [-0.3, -0.25) is 14.4 Å². The molecule has 1 heterocycles. The molecule has 0 aromatic heterocycles. The van der Waals surface area contributed by atoms with Crippen molar-refractivity contribution in [3.8, 4) is 0 Å². The smallest absolute Gasteiger partial charge is 0.336 e. The fourth-order valence-electron chi connectivity index (χ4n) is 5.53. The average molecular weight is 867 g/mol. The minimum Gasteiger partial charge on any atom is -0.478 e. The van der Waals surface area contributed by atoms with Gasteiger partial charge in [-0.25, -0.2) is 4.79 Å². The van der Waals surface area contributed by atoms with Crippen LogP contribution in [-0.4, -0.2) is 40.1 Å². The summed E-state index contributed by atoms with van der Waals surface area (Å²) in [7, 11) is 0. The SMILES string of the molecule is C.CC(C(=O)OC(C)(C)C)c1ccc(N2Cc3ccccc3C2=O)c(Br)c1.CC(C(=O)OC(C)(C)C)c1ccc(NCc2ccccc2C(=O)O)c(Br)c1. The number of benzene rings is 4. The standard InChI is InChI=1S/C21H24BrNO4.C21H22BrNO3.CH4/c1-13(20(26)27-21(2,3)4)14-9-10-18(17(22)11-14)23-12-15-7-5-6-8-16(15)19(24)25;1-13(20(25)26-21(2,3)4)14-9-10-18(17(22)11-14)23-12-15-7-5-6-8-16(15)19(23)24;/h5-11,13,23H,12H2,1-4H3,(H,24,25);5-11,13H,12H2,1-4H3;1H4. The van der Waals surface area contributed by atoms with Crippen molar-refractivity contribution in [1.82, 2.24) is 0 Å². The number of carbonyl (C=O) groups excluding carboxylic acids is 3. The lowest BCUT2D eigenvalue weighted by atomic mass is 10.0. The van der Waals surface area contributed by atoms with E-state index in [-0.39, 0.29) is 42.7 Å². The first-order valence-electron chi connectivity index (χ1n) is 17.2. The van der Waals surface area contributed by atoms with Crippen LogP contribution in [0.15, 0.2) is 93.9 Å². The lowest BCUT2D eigenvalue weighted by Gasteiger charge is -2.23. The molecule has 2 unspecified atom stereocenters. The van der Waals surface area contributed by atoms with Gasteiger partial charge in [0.2, 0.25) is 0 Å². The van der Waals surface area contributed by atoms with Gasteiger partial charge in [0.15, 0.2) is 0 Å². The largest absolute Gasteiger partial charge is 0.478 e. The number of esters is 2. The van der Waals surface area contributed by atoms with Crippen LogP contribution in [0.4, 0.5) is 11.4 Å². The third-order valence-electron chi connectivity index (χ3n) is 8.31. The van der Waals surface area contributed by atoms with Crippen LogP contribution in [0.1, 0.15) is 118 Å². The zero-order chi connectivity index (χ0) is 39.2. The molecule has 11 heteroatoms. The summed E-state index contributed by atoms with van der Waals surface area (Å²) in [6.45, 7) is 15.7. The Morgan fingerprint density at radius 2 is 1.30 bits per heavy atom. The zero-order valence-electron chi connectivity index (χ0n) is 31.3. The second-order valence-electron chi connectivity index (χ2n) is 14.8. The molecular formula is C43H50Br2N2O7. The predicted molar refractivity (Wildman–Crippen MR) is 221 cm³/mol. The Morgan fingerprint density at radius 1 is 0.778 bits per heavy atom. The topological polar surface area (TPSA) is 122 Å². The number of anilines is 2. The van der Waals surface area contributed by atoms with Crippen molar-refractivity contribution >= 4 is 67.0 Å². The van der Waals surface area contributed by atoms with Crippen molar-refractivity contribution < 1.29 is 33.8 Å². The highest BCUT2D eigenvalue weighted by Gasteiger charge is 2.30. The Morgan fingerprint density at radius 3 is 1.81 bits per heavy atom. The molecule has 54 heavy (non-hydrogen) atoms. The summed E-state index contributed by atoms with van der Waals surface area (Å²) in [6.07, 6.45) is 0. The first-order chi connectivity index (χ1) is 24.8. The fraction of sp³-hybridized carbons (Fsp3) is 0.349. The number of aromatic carboxylic acids is 1. The summed E-state index contributed by atoms with van der Waals surface area (Å²) >= 11 is 7.08. The van der Waals surface area contributed by atoms with E-state index in [0.29, 0.717) is 18.7 Å². The van der Waals surface area contributed by atoms with Crippen LogP contribution in [0.2, 0.25) is 0 Å². The van der Waals surface area contributed by atoms with Gasteiger partial charge in [0.25, 0.3) is 5.91 Å². The molecule has 9 nitrogen and oxygen atoms in total. The molecule has 1 aliphatic rings. The van der Waals surface area contributed by atoms with Crippen LogP contribution in [0.25, 0.3) is 0 Å². The number of rotatable bonds is 9. The zero-order valence-corrected chi connectivity index (χ0v) is 34.4. The normalized spacial score (nSPS) is 13.4. The fourth-order valence-corrected chi connectivity index (χ4v) is 6.68. The van der Waals surface area contributed by atoms with Gasteiger partial charge in [-0.1, -0.05) is 56.0 Å². The maximum absolute atomic E-state index is 12.7. The summed E-state index contributed by atoms with van der Waals surface area (Å²) in [4.78, 5) is 50.3. The van der Waals surface area contributed by atoms with E-state index >= 15 is 0 Å². The third kappa shape index (κ3) is 11.5. The molecule has 2 N–H and O–H groups in total. The average Bonchev–Trinajstić information content (AvgIpc) is 3.41. The van der Waals surface area contributed by atoms with E-state index in [0.717, 1.165) is 42.6 Å². The van der Waals surface area contributed by atoms with Gasteiger partial charge in [0.05, 0.1) is 29.6 Å². The Bertz CT molecular complexity index is 2000. The molecule has 1 aliphatic heterocycles. The van der Waals surface area contributed by atoms with Crippen LogP contribution in [0.5, 0.6) is 0 Å². The van der Waals surface area contributed by atoms with Gasteiger partial charge in [0.1, 0.15) is 11.2 Å². The number of nitrogens with one attached hydrogen (secondary N) is 1. The second-order valence-corrected chi connectivity index (χ2v) is 16.5. The lowest BCUT2D eigenvalue weighted by molar-refractivity contribution is -0.157. The summed E-state index contributed by atoms with van der Waals surface area (Å²) in [5, 5.41) is 12.5. The number of hydrogen-bond donors (Lipinski definition) is 2. The summed E-state index contributed by atoms with van der Waals surface area (Å²) < 4.78 is 12.5. The molecule has 0 radical (unpaired) electrons. The highest BCUT2D eigenvalue weighted by atomic mass is 79.9. The molecule has 0 bridgehead atoms. The van der Waals surface area contributed by atoms with Crippen molar-refractivity contribution in [3.05, 3.63) is 127 Å². The molecular weight excluding hydrogens is 816 g/mol. The highest BCUT2D eigenvalue weighted by Crippen LogP contribution is 2.36. The van der Waals surface area contributed by atoms with E-state index in [1.165, 1.54) is 0 Å². The molecule has 2 atom stereocenters. The molecule has 1 amide bonds. The van der Waals surface area contributed by atoms with E-state index in [1.54, 1.807) is 23.1 Å². The van der Waals surface area contributed by atoms with E-state index in [2.05, 4.69) is 37.2 Å². The van der Waals surface area contributed by atoms with E-state index in [1.807, 2.05) is 122 Å². The summed E-state index contributed by atoms with van der Waals surface area (Å²) in [5.41, 5.74) is 4.99. The van der Waals surface area contributed by atoms with Gasteiger partial charge >= 0.3 is 17.9 Å². The Balaban J connectivity index is 0.000000285. The van der Waals surface area contributed by atoms with Gasteiger partial charge in [-0.2, -0.15) is 0 Å². The van der Waals surface area contributed by atoms with E-state index in [4.69, 9.17) is 9.47 Å². The van der Waals surface area contributed by atoms with Crippen molar-refractivity contribution in [2.75, 3.05) is 10.2 Å². The number of nitrogens with zero attached hydrogens (tertiary/aromatic N) is 1. The minimum absolute atomic E-state index is 0. The number of carboxylic acids is 1. The van der Waals surface area contributed by atoms with Gasteiger partial charge in [0, 0.05) is 26.7 Å². The van der Waals surface area contributed by atoms with Crippen molar-refractivity contribution in [2.24, 2.45) is 0 Å². The molecule has 0 saturated carbocycles. The number of fused-ring (bicyclic) bond motifs is 1. The number of carboxylic acid groups (broad SMARTS) is 1. The molecule has 0 aliphatic carbocycles. The van der Waals surface area contributed by atoms with Gasteiger partial charge in [-0.15, -0.1) is 0 Å². The second kappa shape index (κ2) is 18.2. The summed E-state index contributed by atoms with van der Waals surface area (Å²) in [5.74, 6) is -2.26. The van der Waals surface area contributed by atoms with Crippen LogP contribution < -0.4 is 10.2 Å². The number of hydrogen-bond acceptors (Lipinski definition) is 7. The maximum atomic E-state index is 12.7. The number of ether oxygens (including phenoxy) is 2. The van der Waals surface area contributed by atoms with Crippen LogP contribution in [0, 0.1) is 0 Å². The molecule has 4 aromatic rings. The number of halogens is 2. The highest BCUT2D eigenvalue weighted by molar-refractivity contribution is 9.11. The Kier molecular flexibility index (Phi) is 14.8. The summed E-state index contributed by atoms with van der Waals surface area (Å²) in [6, 6.07) is 25.8. The quantitative estimate of drug-likeness (QED) is 0.160. The first kappa shape index (κ1) is 43.9. The van der Waals surface area contributed by atoms with Crippen LogP contribution >= 0.6 is 31.9 Å². The monoisotopic (exact) mass is 864 g/mol. The molecule has 0 spiro atoms. The van der Waals surface area contributed by atoms with E-state index < -0.39 is 17.2 Å². The molecule has 5 rings (SSSR count). The molecule has 0 saturated heterocycles. The van der Waals surface area contributed by atoms with Crippen LogP contribution in [-0.2, 0) is 32.2 Å². The van der Waals surface area contributed by atoms with Crippen LogP contribution in [0.3, 0.4) is 0 Å². The Labute approximate surface area is 335 Å². The van der Waals surface area contributed by atoms with Crippen molar-refractivity contribution in [3.63, 3.8) is 0 Å². The lowest BCUT2D eigenvalue weighted by Crippen LogP contribution is -2.27. The van der Waals surface area contributed by atoms with Crippen molar-refractivity contribution in [2.45, 2.75) is 98.9 Å². The Hall–Kier alpha value is -4.48.